The lowest BCUT2D eigenvalue weighted by molar-refractivity contribution is 0.600. The molecule has 0 saturated carbocycles. The van der Waals surface area contributed by atoms with E-state index in [0.29, 0.717) is 27.9 Å². The molecule has 0 fully saturated rings. The second kappa shape index (κ2) is 8.26. The predicted molar refractivity (Wildman–Crippen MR) is 118 cm³/mol. The predicted octanol–water partition coefficient (Wildman–Crippen LogP) is 4.36. The van der Waals surface area contributed by atoms with E-state index in [1.54, 1.807) is 43.3 Å². The molecule has 152 valence electrons. The molecule has 0 unspecified atom stereocenters. The minimum absolute atomic E-state index is 0.153. The van der Waals surface area contributed by atoms with E-state index >= 15 is 0 Å². The maximum absolute atomic E-state index is 12.7. The summed E-state index contributed by atoms with van der Waals surface area (Å²) in [5.41, 5.74) is 1.84. The molecule has 0 bridgehead atoms. The molecule has 7 nitrogen and oxygen atoms in total. The molecule has 3 rings (SSSR count). The molecule has 1 aromatic heterocycles. The summed E-state index contributed by atoms with van der Waals surface area (Å²) in [4.78, 5) is 10.8. The molecule has 3 aromatic rings. The Bertz CT molecular complexity index is 1130. The molecule has 2 N–H and O–H groups in total. The molecule has 0 amide bonds. The van der Waals surface area contributed by atoms with Crippen molar-refractivity contribution >= 4 is 44.6 Å². The quantitative estimate of drug-likeness (QED) is 0.603. The number of nitrogens with one attached hydrogen (secondary N) is 2. The van der Waals surface area contributed by atoms with Crippen LogP contribution in [0.3, 0.4) is 0 Å². The number of halogens is 1. The third-order valence-corrected chi connectivity index (χ3v) is 5.89. The van der Waals surface area contributed by atoms with Crippen molar-refractivity contribution in [1.29, 1.82) is 0 Å². The summed E-state index contributed by atoms with van der Waals surface area (Å²) in [5, 5.41) is 3.57. The molecule has 0 atom stereocenters. The average Bonchev–Trinajstić information content (AvgIpc) is 2.64. The Hall–Kier alpha value is -2.84. The number of hydrogen-bond donors (Lipinski definition) is 2. The van der Waals surface area contributed by atoms with Crippen LogP contribution in [0.25, 0.3) is 0 Å². The van der Waals surface area contributed by atoms with Crippen LogP contribution in [-0.2, 0) is 10.0 Å². The average molecular weight is 432 g/mol. The molecule has 0 aliphatic carbocycles. The standard InChI is InChI=1S/C20H22ClN5O2S/c1-13-5-6-15(21)11-18(13)29(27,28)25-17-9-7-16(8-10-17)24-19-12-20(26(3)4)23-14(2)22-19/h5-12,25H,1-4H3,(H,22,23,24). The van der Waals surface area contributed by atoms with Crippen LogP contribution in [0.15, 0.2) is 53.4 Å². The Balaban J connectivity index is 1.78. The number of sulfonamides is 1. The Morgan fingerprint density at radius 1 is 0.931 bits per heavy atom. The highest BCUT2D eigenvalue weighted by atomic mass is 35.5. The zero-order valence-electron chi connectivity index (χ0n) is 16.6. The van der Waals surface area contributed by atoms with E-state index in [9.17, 15) is 8.42 Å². The number of nitrogens with zero attached hydrogens (tertiary/aromatic N) is 3. The van der Waals surface area contributed by atoms with Gasteiger partial charge in [0.1, 0.15) is 17.5 Å². The van der Waals surface area contributed by atoms with Crippen LogP contribution in [0.4, 0.5) is 23.0 Å². The monoisotopic (exact) mass is 431 g/mol. The fraction of sp³-hybridized carbons (Fsp3) is 0.200. The van der Waals surface area contributed by atoms with Crippen molar-refractivity contribution in [3.63, 3.8) is 0 Å². The lowest BCUT2D eigenvalue weighted by Crippen LogP contribution is -2.14. The van der Waals surface area contributed by atoms with Gasteiger partial charge in [-0.1, -0.05) is 17.7 Å². The van der Waals surface area contributed by atoms with Crippen LogP contribution >= 0.6 is 11.6 Å². The van der Waals surface area contributed by atoms with Gasteiger partial charge >= 0.3 is 0 Å². The highest BCUT2D eigenvalue weighted by molar-refractivity contribution is 7.92. The Labute approximate surface area is 175 Å². The van der Waals surface area contributed by atoms with Gasteiger partial charge in [0.2, 0.25) is 0 Å². The highest BCUT2D eigenvalue weighted by Gasteiger charge is 2.17. The molecule has 0 aliphatic heterocycles. The number of benzene rings is 2. The first kappa shape index (κ1) is 20.9. The summed E-state index contributed by atoms with van der Waals surface area (Å²) >= 11 is 5.95. The summed E-state index contributed by atoms with van der Waals surface area (Å²) in [6, 6.07) is 13.5. The van der Waals surface area contributed by atoms with Gasteiger partial charge in [-0.2, -0.15) is 0 Å². The van der Waals surface area contributed by atoms with Gasteiger partial charge in [0.25, 0.3) is 10.0 Å². The minimum Gasteiger partial charge on any atom is -0.363 e. The van der Waals surface area contributed by atoms with Crippen molar-refractivity contribution in [2.24, 2.45) is 0 Å². The largest absolute Gasteiger partial charge is 0.363 e. The first-order valence-corrected chi connectivity index (χ1v) is 10.7. The molecule has 0 saturated heterocycles. The van der Waals surface area contributed by atoms with Crippen molar-refractivity contribution in [3.05, 3.63) is 64.9 Å². The number of anilines is 4. The topological polar surface area (TPSA) is 87.2 Å². The van der Waals surface area contributed by atoms with Crippen molar-refractivity contribution in [2.45, 2.75) is 18.7 Å². The maximum Gasteiger partial charge on any atom is 0.262 e. The van der Waals surface area contributed by atoms with E-state index in [-0.39, 0.29) is 4.90 Å². The first-order valence-electron chi connectivity index (χ1n) is 8.83. The highest BCUT2D eigenvalue weighted by Crippen LogP contribution is 2.25. The van der Waals surface area contributed by atoms with E-state index in [1.807, 2.05) is 32.0 Å². The molecule has 0 aliphatic rings. The molecular formula is C20H22ClN5O2S. The Morgan fingerprint density at radius 3 is 2.24 bits per heavy atom. The van der Waals surface area contributed by atoms with Gasteiger partial charge in [-0.25, -0.2) is 18.4 Å². The van der Waals surface area contributed by atoms with Gasteiger partial charge in [-0.05, 0) is 55.8 Å². The molecule has 0 spiro atoms. The van der Waals surface area contributed by atoms with Gasteiger partial charge in [-0.15, -0.1) is 0 Å². The van der Waals surface area contributed by atoms with E-state index in [4.69, 9.17) is 11.6 Å². The molecule has 9 heteroatoms. The van der Waals surface area contributed by atoms with Crippen LogP contribution in [0.1, 0.15) is 11.4 Å². The SMILES string of the molecule is Cc1nc(Nc2ccc(NS(=O)(=O)c3cc(Cl)ccc3C)cc2)cc(N(C)C)n1. The normalized spacial score (nSPS) is 11.2. The van der Waals surface area contributed by atoms with E-state index in [0.717, 1.165) is 11.5 Å². The van der Waals surface area contributed by atoms with Crippen molar-refractivity contribution in [1.82, 2.24) is 9.97 Å². The number of rotatable bonds is 6. The van der Waals surface area contributed by atoms with Crippen LogP contribution in [-0.4, -0.2) is 32.5 Å². The zero-order valence-corrected chi connectivity index (χ0v) is 18.1. The molecular weight excluding hydrogens is 410 g/mol. The van der Waals surface area contributed by atoms with Crippen molar-refractivity contribution < 1.29 is 8.42 Å². The summed E-state index contributed by atoms with van der Waals surface area (Å²) in [6.45, 7) is 3.55. The summed E-state index contributed by atoms with van der Waals surface area (Å²) in [5.74, 6) is 2.10. The minimum atomic E-state index is -3.74. The van der Waals surface area contributed by atoms with E-state index < -0.39 is 10.0 Å². The third kappa shape index (κ3) is 5.16. The van der Waals surface area contributed by atoms with Crippen LogP contribution in [0.2, 0.25) is 5.02 Å². The van der Waals surface area contributed by atoms with Gasteiger partial charge in [0.05, 0.1) is 4.90 Å². The first-order chi connectivity index (χ1) is 13.6. The third-order valence-electron chi connectivity index (χ3n) is 4.13. The Morgan fingerprint density at radius 2 is 1.59 bits per heavy atom. The van der Waals surface area contributed by atoms with Crippen LogP contribution < -0.4 is 14.9 Å². The second-order valence-electron chi connectivity index (χ2n) is 6.77. The smallest absolute Gasteiger partial charge is 0.262 e. The fourth-order valence-corrected chi connectivity index (χ4v) is 4.26. The Kier molecular flexibility index (Phi) is 5.95. The molecule has 29 heavy (non-hydrogen) atoms. The molecule has 0 radical (unpaired) electrons. The van der Waals surface area contributed by atoms with Gasteiger partial charge in [-0.3, -0.25) is 4.72 Å². The van der Waals surface area contributed by atoms with Crippen molar-refractivity contribution in [3.8, 4) is 0 Å². The molecule has 2 aromatic carbocycles. The summed E-state index contributed by atoms with van der Waals surface area (Å²) < 4.78 is 27.9. The van der Waals surface area contributed by atoms with Crippen molar-refractivity contribution in [2.75, 3.05) is 29.0 Å². The van der Waals surface area contributed by atoms with Crippen LogP contribution in [0, 0.1) is 13.8 Å². The lowest BCUT2D eigenvalue weighted by atomic mass is 10.2. The maximum atomic E-state index is 12.7. The summed E-state index contributed by atoms with van der Waals surface area (Å²) in [7, 11) is 0.0816. The van der Waals surface area contributed by atoms with E-state index in [1.165, 1.54) is 6.07 Å². The number of aromatic nitrogens is 2. The molecule has 1 heterocycles. The van der Waals surface area contributed by atoms with Gasteiger partial charge in [0.15, 0.2) is 0 Å². The van der Waals surface area contributed by atoms with Gasteiger partial charge < -0.3 is 10.2 Å². The summed E-state index contributed by atoms with van der Waals surface area (Å²) in [6.07, 6.45) is 0. The number of hydrogen-bond acceptors (Lipinski definition) is 6. The lowest BCUT2D eigenvalue weighted by Gasteiger charge is -2.14. The van der Waals surface area contributed by atoms with Gasteiger partial charge in [0, 0.05) is 36.6 Å². The second-order valence-corrected chi connectivity index (χ2v) is 8.86. The number of aryl methyl sites for hydroxylation is 2. The van der Waals surface area contributed by atoms with E-state index in [2.05, 4.69) is 20.0 Å². The fourth-order valence-electron chi connectivity index (χ4n) is 2.69. The van der Waals surface area contributed by atoms with Crippen LogP contribution in [0.5, 0.6) is 0 Å². The zero-order chi connectivity index (χ0) is 21.2.